The van der Waals surface area contributed by atoms with Crippen LogP contribution in [0.15, 0.2) is 81.7 Å². The molecule has 2 amide bonds. The van der Waals surface area contributed by atoms with Crippen LogP contribution in [0.1, 0.15) is 56.7 Å². The number of rotatable bonds is 12. The van der Waals surface area contributed by atoms with Gasteiger partial charge in [-0.15, -0.1) is 0 Å². The number of carbonyl (C=O) groups excluding carboxylic acids is 2. The van der Waals surface area contributed by atoms with E-state index in [4.69, 9.17) is 4.74 Å². The largest absolute Gasteiger partial charge is 0.483 e. The molecule has 0 unspecified atom stereocenters. The van der Waals surface area contributed by atoms with Gasteiger partial charge in [0.25, 0.3) is 5.91 Å². The SMILES string of the molecule is CC[C@@H](C)NC(=O)[C@@H](Cc1ccccc1)N(Cc1cccc(Br)c1)C(=O)COc1ccc(C(C)C)cc1Br. The average Bonchev–Trinajstić information content (AvgIpc) is 2.90. The van der Waals surface area contributed by atoms with Gasteiger partial charge in [-0.3, -0.25) is 9.59 Å². The van der Waals surface area contributed by atoms with Gasteiger partial charge in [-0.2, -0.15) is 0 Å². The fraction of sp³-hybridized carbons (Fsp3) is 0.355. The van der Waals surface area contributed by atoms with Gasteiger partial charge >= 0.3 is 0 Å². The molecule has 38 heavy (non-hydrogen) atoms. The summed E-state index contributed by atoms with van der Waals surface area (Å²) in [5.41, 5.74) is 3.08. The van der Waals surface area contributed by atoms with Gasteiger partial charge in [-0.25, -0.2) is 0 Å². The van der Waals surface area contributed by atoms with Crippen LogP contribution in [-0.4, -0.2) is 35.4 Å². The molecule has 3 rings (SSSR count). The van der Waals surface area contributed by atoms with Crippen molar-refractivity contribution >= 4 is 43.7 Å². The summed E-state index contributed by atoms with van der Waals surface area (Å²) in [5, 5.41) is 3.09. The number of carbonyl (C=O) groups is 2. The zero-order valence-corrected chi connectivity index (χ0v) is 25.6. The van der Waals surface area contributed by atoms with E-state index in [2.05, 4.69) is 51.0 Å². The maximum absolute atomic E-state index is 13.8. The third-order valence-electron chi connectivity index (χ3n) is 6.49. The van der Waals surface area contributed by atoms with Crippen LogP contribution in [-0.2, 0) is 22.6 Å². The molecule has 0 heterocycles. The van der Waals surface area contributed by atoms with E-state index in [0.29, 0.717) is 18.1 Å². The molecule has 0 bridgehead atoms. The Morgan fingerprint density at radius 1 is 0.921 bits per heavy atom. The maximum Gasteiger partial charge on any atom is 0.261 e. The monoisotopic (exact) mass is 642 g/mol. The number of hydrogen-bond acceptors (Lipinski definition) is 3. The van der Waals surface area contributed by atoms with E-state index in [0.717, 1.165) is 26.5 Å². The zero-order valence-electron chi connectivity index (χ0n) is 22.4. The minimum Gasteiger partial charge on any atom is -0.483 e. The highest BCUT2D eigenvalue weighted by Crippen LogP contribution is 2.29. The Morgan fingerprint density at radius 3 is 2.26 bits per heavy atom. The van der Waals surface area contributed by atoms with Crippen LogP contribution in [0.25, 0.3) is 0 Å². The lowest BCUT2D eigenvalue weighted by Crippen LogP contribution is -2.53. The van der Waals surface area contributed by atoms with Gasteiger partial charge in [0.05, 0.1) is 4.47 Å². The topological polar surface area (TPSA) is 58.6 Å². The first-order valence-electron chi connectivity index (χ1n) is 13.0. The van der Waals surface area contributed by atoms with Crippen LogP contribution in [0.5, 0.6) is 5.75 Å². The number of benzene rings is 3. The molecule has 0 fully saturated rings. The van der Waals surface area contributed by atoms with Crippen LogP contribution in [0.3, 0.4) is 0 Å². The minimum atomic E-state index is -0.701. The fourth-order valence-corrected chi connectivity index (χ4v) is 5.00. The molecule has 0 saturated carbocycles. The lowest BCUT2D eigenvalue weighted by atomic mass is 10.0. The van der Waals surface area contributed by atoms with Crippen LogP contribution in [0.2, 0.25) is 0 Å². The van der Waals surface area contributed by atoms with Gasteiger partial charge < -0.3 is 15.0 Å². The molecule has 0 aliphatic rings. The van der Waals surface area contributed by atoms with Crippen molar-refractivity contribution < 1.29 is 14.3 Å². The predicted octanol–water partition coefficient (Wildman–Crippen LogP) is 7.27. The Bertz CT molecular complexity index is 1220. The van der Waals surface area contributed by atoms with Crippen LogP contribution in [0.4, 0.5) is 0 Å². The quantitative estimate of drug-likeness (QED) is 0.226. The third kappa shape index (κ3) is 8.70. The fourth-order valence-electron chi connectivity index (χ4n) is 4.04. The van der Waals surface area contributed by atoms with Gasteiger partial charge in [0.1, 0.15) is 11.8 Å². The lowest BCUT2D eigenvalue weighted by molar-refractivity contribution is -0.143. The molecular weight excluding hydrogens is 608 g/mol. The highest BCUT2D eigenvalue weighted by molar-refractivity contribution is 9.10. The molecule has 0 saturated heterocycles. The number of halogens is 2. The average molecular weight is 644 g/mol. The van der Waals surface area contributed by atoms with E-state index < -0.39 is 6.04 Å². The van der Waals surface area contributed by atoms with Crippen LogP contribution < -0.4 is 10.1 Å². The molecule has 0 aliphatic carbocycles. The lowest BCUT2D eigenvalue weighted by Gasteiger charge is -2.32. The summed E-state index contributed by atoms with van der Waals surface area (Å²) in [6.45, 7) is 8.35. The number of ether oxygens (including phenoxy) is 1. The van der Waals surface area contributed by atoms with Crippen LogP contribution in [0, 0.1) is 0 Å². The smallest absolute Gasteiger partial charge is 0.261 e. The summed E-state index contributed by atoms with van der Waals surface area (Å²) in [4.78, 5) is 29.0. The number of amides is 2. The highest BCUT2D eigenvalue weighted by Gasteiger charge is 2.31. The maximum atomic E-state index is 13.8. The number of nitrogens with zero attached hydrogens (tertiary/aromatic N) is 1. The predicted molar refractivity (Wildman–Crippen MR) is 160 cm³/mol. The Morgan fingerprint density at radius 2 is 1.63 bits per heavy atom. The van der Waals surface area contributed by atoms with E-state index in [1.165, 1.54) is 5.56 Å². The standard InChI is InChI=1S/C31H36Br2N2O3/c1-5-22(4)34-31(37)28(17-23-10-7-6-8-11-23)35(19-24-12-9-13-26(32)16-24)30(36)20-38-29-15-14-25(21(2)3)18-27(29)33/h6-16,18,21-22,28H,5,17,19-20H2,1-4H3,(H,34,37)/t22-,28-/m1/s1. The second-order valence-electron chi connectivity index (χ2n) is 9.81. The normalized spacial score (nSPS) is 12.6. The third-order valence-corrected chi connectivity index (χ3v) is 7.60. The van der Waals surface area contributed by atoms with Gasteiger partial charge in [-0.05, 0) is 76.1 Å². The molecule has 1 N–H and O–H groups in total. The molecule has 3 aromatic rings. The summed E-state index contributed by atoms with van der Waals surface area (Å²) < 4.78 is 7.69. The van der Waals surface area contributed by atoms with Crippen molar-refractivity contribution in [2.45, 2.75) is 65.1 Å². The van der Waals surface area contributed by atoms with Crippen molar-refractivity contribution in [1.29, 1.82) is 0 Å². The van der Waals surface area contributed by atoms with Crippen molar-refractivity contribution in [3.63, 3.8) is 0 Å². The molecule has 7 heteroatoms. The Hall–Kier alpha value is -2.64. The molecule has 0 spiro atoms. The molecular formula is C31H36Br2N2O3. The number of hydrogen-bond donors (Lipinski definition) is 1. The van der Waals surface area contributed by atoms with Crippen molar-refractivity contribution in [2.75, 3.05) is 6.61 Å². The van der Waals surface area contributed by atoms with E-state index in [9.17, 15) is 9.59 Å². The molecule has 0 aromatic heterocycles. The number of nitrogens with one attached hydrogen (secondary N) is 1. The summed E-state index contributed by atoms with van der Waals surface area (Å²) in [7, 11) is 0. The Labute approximate surface area is 243 Å². The van der Waals surface area contributed by atoms with Crippen molar-refractivity contribution in [3.8, 4) is 5.75 Å². The Kier molecular flexibility index (Phi) is 11.4. The van der Waals surface area contributed by atoms with E-state index in [1.807, 2.05) is 86.6 Å². The molecule has 2 atom stereocenters. The minimum absolute atomic E-state index is 0.00438. The van der Waals surface area contributed by atoms with Crippen molar-refractivity contribution in [2.24, 2.45) is 0 Å². The van der Waals surface area contributed by atoms with E-state index >= 15 is 0 Å². The second-order valence-corrected chi connectivity index (χ2v) is 11.6. The summed E-state index contributed by atoms with van der Waals surface area (Å²) in [6, 6.07) is 22.8. The van der Waals surface area contributed by atoms with Crippen LogP contribution >= 0.6 is 31.9 Å². The molecule has 5 nitrogen and oxygen atoms in total. The van der Waals surface area contributed by atoms with Gasteiger partial charge in [0, 0.05) is 23.5 Å². The van der Waals surface area contributed by atoms with Crippen molar-refractivity contribution in [1.82, 2.24) is 10.2 Å². The summed E-state index contributed by atoms with van der Waals surface area (Å²) >= 11 is 7.10. The molecule has 202 valence electrons. The second kappa shape index (κ2) is 14.5. The van der Waals surface area contributed by atoms with Crippen molar-refractivity contribution in [3.05, 3.63) is 98.4 Å². The first kappa shape index (κ1) is 29.9. The van der Waals surface area contributed by atoms with Gasteiger partial charge in [0.15, 0.2) is 6.61 Å². The first-order valence-corrected chi connectivity index (χ1v) is 14.6. The molecule has 0 radical (unpaired) electrons. The van der Waals surface area contributed by atoms with Gasteiger partial charge in [-0.1, -0.05) is 85.2 Å². The summed E-state index contributed by atoms with van der Waals surface area (Å²) in [6.07, 6.45) is 1.20. The summed E-state index contributed by atoms with van der Waals surface area (Å²) in [5.74, 6) is 0.540. The zero-order chi connectivity index (χ0) is 27.7. The van der Waals surface area contributed by atoms with E-state index in [-0.39, 0.29) is 31.0 Å². The molecule has 0 aliphatic heterocycles. The van der Waals surface area contributed by atoms with E-state index in [1.54, 1.807) is 4.90 Å². The van der Waals surface area contributed by atoms with Gasteiger partial charge in [0.2, 0.25) is 5.91 Å². The molecule has 3 aromatic carbocycles. The highest BCUT2D eigenvalue weighted by atomic mass is 79.9. The first-order chi connectivity index (χ1) is 18.2. The Balaban J connectivity index is 1.91.